The van der Waals surface area contributed by atoms with E-state index < -0.39 is 35.0 Å². The Morgan fingerprint density at radius 2 is 1.28 bits per heavy atom. The molecule has 0 aliphatic rings. The van der Waals surface area contributed by atoms with E-state index in [4.69, 9.17) is 0 Å². The summed E-state index contributed by atoms with van der Waals surface area (Å²) >= 11 is 0. The molecule has 0 bridgehead atoms. The lowest BCUT2D eigenvalue weighted by Crippen LogP contribution is -2.16. The SMILES string of the molecule is CC(C)[CH]c1c(C(F)(F)F)cccc1C(F)(F)F. The third-order valence-electron chi connectivity index (χ3n) is 2.22. The summed E-state index contributed by atoms with van der Waals surface area (Å²) in [6.45, 7) is 3.04. The van der Waals surface area contributed by atoms with Crippen LogP contribution in [-0.2, 0) is 12.4 Å². The Kier molecular flexibility index (Phi) is 3.98. The lowest BCUT2D eigenvalue weighted by Gasteiger charge is -2.19. The molecule has 0 spiro atoms. The Hall–Kier alpha value is -1.20. The molecule has 0 aromatic heterocycles. The van der Waals surface area contributed by atoms with Crippen molar-refractivity contribution in [2.75, 3.05) is 0 Å². The highest BCUT2D eigenvalue weighted by atomic mass is 19.4. The molecule has 0 N–H and O–H groups in total. The summed E-state index contributed by atoms with van der Waals surface area (Å²) in [5.74, 6) is -0.422. The Balaban J connectivity index is 3.45. The van der Waals surface area contributed by atoms with Crippen LogP contribution in [0.15, 0.2) is 18.2 Å². The maximum Gasteiger partial charge on any atom is 0.416 e. The quantitative estimate of drug-likeness (QED) is 0.667. The molecule has 18 heavy (non-hydrogen) atoms. The van der Waals surface area contributed by atoms with Crippen molar-refractivity contribution in [1.82, 2.24) is 0 Å². The second kappa shape index (κ2) is 4.82. The van der Waals surface area contributed by atoms with Crippen molar-refractivity contribution in [3.63, 3.8) is 0 Å². The summed E-state index contributed by atoms with van der Waals surface area (Å²) in [5, 5.41) is 0. The van der Waals surface area contributed by atoms with E-state index in [2.05, 4.69) is 0 Å². The average Bonchev–Trinajstić information content (AvgIpc) is 2.13. The number of halogens is 6. The summed E-state index contributed by atoms with van der Waals surface area (Å²) in [5.41, 5.74) is -3.32. The maximum atomic E-state index is 12.7. The van der Waals surface area contributed by atoms with Crippen molar-refractivity contribution in [3.05, 3.63) is 41.3 Å². The van der Waals surface area contributed by atoms with Gasteiger partial charge in [-0.25, -0.2) is 0 Å². The fourth-order valence-corrected chi connectivity index (χ4v) is 1.57. The predicted octanol–water partition coefficient (Wildman–Crippen LogP) is 4.93. The average molecular weight is 269 g/mol. The van der Waals surface area contributed by atoms with Crippen molar-refractivity contribution in [3.8, 4) is 0 Å². The molecule has 1 rings (SSSR count). The van der Waals surface area contributed by atoms with Gasteiger partial charge in [0.1, 0.15) is 0 Å². The number of hydrogen-bond acceptors (Lipinski definition) is 0. The van der Waals surface area contributed by atoms with Crippen LogP contribution in [0.2, 0.25) is 0 Å². The van der Waals surface area contributed by atoms with E-state index in [1.807, 2.05) is 0 Å². The minimum atomic E-state index is -4.80. The fraction of sp³-hybridized carbons (Fsp3) is 0.417. The Bertz CT molecular complexity index is 381. The third kappa shape index (κ3) is 3.40. The maximum absolute atomic E-state index is 12.7. The van der Waals surface area contributed by atoms with Crippen LogP contribution in [-0.4, -0.2) is 0 Å². The predicted molar refractivity (Wildman–Crippen MR) is 54.7 cm³/mol. The van der Waals surface area contributed by atoms with Crippen LogP contribution in [0.4, 0.5) is 26.3 Å². The van der Waals surface area contributed by atoms with Gasteiger partial charge in [0, 0.05) is 0 Å². The molecule has 0 atom stereocenters. The lowest BCUT2D eigenvalue weighted by molar-refractivity contribution is -0.143. The lowest BCUT2D eigenvalue weighted by atomic mass is 9.92. The van der Waals surface area contributed by atoms with Gasteiger partial charge in [-0.3, -0.25) is 0 Å². The zero-order chi connectivity index (χ0) is 14.1. The van der Waals surface area contributed by atoms with Crippen molar-refractivity contribution >= 4 is 0 Å². The van der Waals surface area contributed by atoms with Crippen LogP contribution in [0.5, 0.6) is 0 Å². The molecular formula is C12H11F6. The van der Waals surface area contributed by atoms with Gasteiger partial charge in [0.15, 0.2) is 0 Å². The molecule has 0 aliphatic carbocycles. The molecular weight excluding hydrogens is 258 g/mol. The molecule has 0 saturated heterocycles. The van der Waals surface area contributed by atoms with Crippen molar-refractivity contribution in [1.29, 1.82) is 0 Å². The van der Waals surface area contributed by atoms with Crippen molar-refractivity contribution < 1.29 is 26.3 Å². The van der Waals surface area contributed by atoms with Crippen LogP contribution < -0.4 is 0 Å². The van der Waals surface area contributed by atoms with Gasteiger partial charge in [-0.1, -0.05) is 19.9 Å². The van der Waals surface area contributed by atoms with Gasteiger partial charge in [0.25, 0.3) is 0 Å². The van der Waals surface area contributed by atoms with E-state index in [1.54, 1.807) is 0 Å². The van der Waals surface area contributed by atoms with Gasteiger partial charge in [0.05, 0.1) is 11.1 Å². The standard InChI is InChI=1S/C12H11F6/c1-7(2)6-8-9(11(13,14)15)4-3-5-10(8)12(16,17)18/h3-7H,1-2H3. The van der Waals surface area contributed by atoms with Gasteiger partial charge in [0.2, 0.25) is 0 Å². The summed E-state index contributed by atoms with van der Waals surface area (Å²) in [6, 6.07) is 2.08. The van der Waals surface area contributed by atoms with Gasteiger partial charge in [-0.15, -0.1) is 0 Å². The monoisotopic (exact) mass is 269 g/mol. The largest absolute Gasteiger partial charge is 0.416 e. The molecule has 0 unspecified atom stereocenters. The molecule has 0 heterocycles. The zero-order valence-corrected chi connectivity index (χ0v) is 9.65. The molecule has 0 fully saturated rings. The van der Waals surface area contributed by atoms with Gasteiger partial charge in [-0.05, 0) is 30.0 Å². The fourth-order valence-electron chi connectivity index (χ4n) is 1.57. The van der Waals surface area contributed by atoms with E-state index in [-0.39, 0.29) is 0 Å². The van der Waals surface area contributed by atoms with Crippen molar-refractivity contribution in [2.24, 2.45) is 5.92 Å². The topological polar surface area (TPSA) is 0 Å². The Labute approximate surface area is 101 Å². The third-order valence-corrected chi connectivity index (χ3v) is 2.22. The van der Waals surface area contributed by atoms with Gasteiger partial charge >= 0.3 is 12.4 Å². The minimum absolute atomic E-state index is 0.422. The number of benzene rings is 1. The van der Waals surface area contributed by atoms with Crippen LogP contribution in [0, 0.1) is 12.3 Å². The molecule has 0 saturated carbocycles. The van der Waals surface area contributed by atoms with Gasteiger partial charge < -0.3 is 0 Å². The summed E-state index contributed by atoms with van der Waals surface area (Å²) < 4.78 is 76.1. The molecule has 6 heteroatoms. The van der Waals surface area contributed by atoms with Crippen molar-refractivity contribution in [2.45, 2.75) is 26.2 Å². The number of hydrogen-bond donors (Lipinski definition) is 0. The molecule has 0 nitrogen and oxygen atoms in total. The van der Waals surface area contributed by atoms with E-state index in [9.17, 15) is 26.3 Å². The normalized spacial score (nSPS) is 13.2. The first-order valence-electron chi connectivity index (χ1n) is 5.15. The zero-order valence-electron chi connectivity index (χ0n) is 9.65. The van der Waals surface area contributed by atoms with E-state index in [1.165, 1.54) is 13.8 Å². The first-order chi connectivity index (χ1) is 8.03. The van der Waals surface area contributed by atoms with E-state index in [0.717, 1.165) is 12.5 Å². The summed E-state index contributed by atoms with van der Waals surface area (Å²) in [4.78, 5) is 0. The molecule has 101 valence electrons. The van der Waals surface area contributed by atoms with Crippen LogP contribution in [0.3, 0.4) is 0 Å². The molecule has 1 aromatic carbocycles. The second-order valence-electron chi connectivity index (χ2n) is 4.17. The highest BCUT2D eigenvalue weighted by molar-refractivity contribution is 5.43. The minimum Gasteiger partial charge on any atom is -0.166 e. The summed E-state index contributed by atoms with van der Waals surface area (Å²) in [6.07, 6.45) is -8.63. The van der Waals surface area contributed by atoms with Crippen LogP contribution in [0.1, 0.15) is 30.5 Å². The number of alkyl halides is 6. The van der Waals surface area contributed by atoms with Gasteiger partial charge in [-0.2, -0.15) is 26.3 Å². The number of rotatable bonds is 2. The first-order valence-corrected chi connectivity index (χ1v) is 5.15. The smallest absolute Gasteiger partial charge is 0.166 e. The second-order valence-corrected chi connectivity index (χ2v) is 4.17. The highest BCUT2D eigenvalue weighted by Gasteiger charge is 2.40. The first kappa shape index (κ1) is 14.9. The molecule has 0 amide bonds. The molecule has 1 radical (unpaired) electrons. The summed E-state index contributed by atoms with van der Waals surface area (Å²) in [7, 11) is 0. The Morgan fingerprint density at radius 3 is 1.56 bits per heavy atom. The van der Waals surface area contributed by atoms with E-state index in [0.29, 0.717) is 12.1 Å². The van der Waals surface area contributed by atoms with Crippen LogP contribution in [0.25, 0.3) is 0 Å². The molecule has 1 aromatic rings. The Morgan fingerprint density at radius 1 is 0.889 bits per heavy atom. The molecule has 0 aliphatic heterocycles. The van der Waals surface area contributed by atoms with Crippen LogP contribution >= 0.6 is 0 Å². The van der Waals surface area contributed by atoms with E-state index >= 15 is 0 Å². The highest BCUT2D eigenvalue weighted by Crippen LogP contribution is 2.40.